The maximum absolute atomic E-state index is 12.8. The zero-order chi connectivity index (χ0) is 19.7. The summed E-state index contributed by atoms with van der Waals surface area (Å²) in [6.07, 6.45) is 0.922. The molecule has 0 heterocycles. The molecular formula is C18H18Br2F4O2. The lowest BCUT2D eigenvalue weighted by Gasteiger charge is -2.06. The molecule has 0 atom stereocenters. The second-order valence-electron chi connectivity index (χ2n) is 5.27. The minimum atomic E-state index is -0.981. The van der Waals surface area contributed by atoms with Crippen LogP contribution in [0.15, 0.2) is 24.3 Å². The van der Waals surface area contributed by atoms with Crippen LogP contribution < -0.4 is 0 Å². The Morgan fingerprint density at radius 1 is 0.654 bits per heavy atom. The summed E-state index contributed by atoms with van der Waals surface area (Å²) >= 11 is 6.49. The van der Waals surface area contributed by atoms with E-state index in [1.54, 1.807) is 0 Å². The number of benzene rings is 2. The van der Waals surface area contributed by atoms with Crippen LogP contribution in [-0.4, -0.2) is 22.2 Å². The largest absolute Gasteiger partial charge is 0.396 e. The van der Waals surface area contributed by atoms with Gasteiger partial charge in [0, 0.05) is 17.3 Å². The zero-order valence-electron chi connectivity index (χ0n) is 13.7. The van der Waals surface area contributed by atoms with Gasteiger partial charge in [-0.15, -0.1) is 0 Å². The Bertz CT molecular complexity index is 665. The van der Waals surface area contributed by atoms with Gasteiger partial charge in [0.25, 0.3) is 0 Å². The van der Waals surface area contributed by atoms with E-state index in [0.29, 0.717) is 22.9 Å². The van der Waals surface area contributed by atoms with Gasteiger partial charge < -0.3 is 10.2 Å². The van der Waals surface area contributed by atoms with Gasteiger partial charge in [-0.2, -0.15) is 0 Å². The molecule has 0 aliphatic carbocycles. The summed E-state index contributed by atoms with van der Waals surface area (Å²) in [5.74, 6) is -3.50. The smallest absolute Gasteiger partial charge is 0.159 e. The second kappa shape index (κ2) is 11.7. The molecule has 2 N–H and O–H groups in total. The van der Waals surface area contributed by atoms with Crippen molar-refractivity contribution >= 4 is 31.9 Å². The molecule has 0 saturated carbocycles. The highest BCUT2D eigenvalue weighted by Gasteiger charge is 2.09. The molecule has 0 aliphatic heterocycles. The normalized spacial score (nSPS) is 10.5. The van der Waals surface area contributed by atoms with E-state index < -0.39 is 23.3 Å². The van der Waals surface area contributed by atoms with Crippen molar-refractivity contribution in [2.45, 2.75) is 24.8 Å². The van der Waals surface area contributed by atoms with Crippen LogP contribution in [0.4, 0.5) is 17.6 Å². The van der Waals surface area contributed by atoms with Crippen molar-refractivity contribution in [3.8, 4) is 0 Å². The molecule has 2 aromatic rings. The van der Waals surface area contributed by atoms with E-state index in [4.69, 9.17) is 10.2 Å². The molecule has 2 aromatic carbocycles. The first-order chi connectivity index (χ1) is 12.4. The van der Waals surface area contributed by atoms with E-state index in [2.05, 4.69) is 31.9 Å². The van der Waals surface area contributed by atoms with E-state index in [1.807, 2.05) is 0 Å². The molecule has 0 saturated heterocycles. The molecule has 0 amide bonds. The maximum atomic E-state index is 12.8. The predicted octanol–water partition coefficient (Wildman–Crippen LogP) is 4.79. The Hall–Kier alpha value is -0.960. The van der Waals surface area contributed by atoms with Crippen molar-refractivity contribution < 1.29 is 27.8 Å². The van der Waals surface area contributed by atoms with Crippen LogP contribution >= 0.6 is 31.9 Å². The van der Waals surface area contributed by atoms with Crippen LogP contribution in [0.3, 0.4) is 0 Å². The molecule has 2 rings (SSSR count). The van der Waals surface area contributed by atoms with Crippen molar-refractivity contribution in [1.29, 1.82) is 0 Å². The average Bonchev–Trinajstić information content (AvgIpc) is 2.62. The number of hydrogen-bond donors (Lipinski definition) is 2. The summed E-state index contributed by atoms with van der Waals surface area (Å²) in [4.78, 5) is 0. The van der Waals surface area contributed by atoms with Crippen LogP contribution in [0.5, 0.6) is 0 Å². The SMILES string of the molecule is Fc1cc(CBr)c(CCBr)cc1F.OCCc1cc(F)c(F)cc1CO. The van der Waals surface area contributed by atoms with Crippen molar-refractivity contribution in [3.05, 3.63) is 69.8 Å². The first-order valence-corrected chi connectivity index (χ1v) is 9.89. The van der Waals surface area contributed by atoms with Crippen LogP contribution in [0.1, 0.15) is 22.3 Å². The highest BCUT2D eigenvalue weighted by Crippen LogP contribution is 2.19. The minimum absolute atomic E-state index is 0.155. The van der Waals surface area contributed by atoms with Gasteiger partial charge in [-0.1, -0.05) is 31.9 Å². The topological polar surface area (TPSA) is 40.5 Å². The molecule has 0 aromatic heterocycles. The van der Waals surface area contributed by atoms with Gasteiger partial charge in [-0.25, -0.2) is 17.6 Å². The Morgan fingerprint density at radius 3 is 1.46 bits per heavy atom. The molecule has 0 aliphatic rings. The van der Waals surface area contributed by atoms with Gasteiger partial charge in [-0.05, 0) is 59.4 Å². The van der Waals surface area contributed by atoms with E-state index >= 15 is 0 Å². The quantitative estimate of drug-likeness (QED) is 0.441. The van der Waals surface area contributed by atoms with Gasteiger partial charge in [0.1, 0.15) is 0 Å². The van der Waals surface area contributed by atoms with E-state index in [0.717, 1.165) is 28.6 Å². The van der Waals surface area contributed by atoms with Crippen LogP contribution in [-0.2, 0) is 24.8 Å². The van der Waals surface area contributed by atoms with E-state index in [-0.39, 0.29) is 19.6 Å². The molecule has 0 unspecified atom stereocenters. The summed E-state index contributed by atoms with van der Waals surface area (Å²) < 4.78 is 50.9. The standard InChI is InChI=1S/C9H8Br2F2.C9H10F2O2/c10-2-1-6-3-8(12)9(13)4-7(6)5-11;10-8-3-6(1-2-12)7(5-13)4-9(8)11/h3-4H,1-2,5H2;3-4,12-13H,1-2,5H2. The van der Waals surface area contributed by atoms with Crippen LogP contribution in [0, 0.1) is 23.3 Å². The van der Waals surface area contributed by atoms with Gasteiger partial charge in [0.2, 0.25) is 0 Å². The molecule has 8 heteroatoms. The highest BCUT2D eigenvalue weighted by molar-refractivity contribution is 9.09. The number of hydrogen-bond acceptors (Lipinski definition) is 2. The average molecular weight is 502 g/mol. The monoisotopic (exact) mass is 500 g/mol. The van der Waals surface area contributed by atoms with Crippen molar-refractivity contribution in [3.63, 3.8) is 0 Å². The minimum Gasteiger partial charge on any atom is -0.396 e. The lowest BCUT2D eigenvalue weighted by molar-refractivity contribution is 0.274. The van der Waals surface area contributed by atoms with Gasteiger partial charge >= 0.3 is 0 Å². The van der Waals surface area contributed by atoms with Crippen molar-refractivity contribution in [2.24, 2.45) is 0 Å². The van der Waals surface area contributed by atoms with Crippen LogP contribution in [0.2, 0.25) is 0 Å². The first kappa shape index (κ1) is 23.1. The fourth-order valence-corrected chi connectivity index (χ4v) is 3.17. The van der Waals surface area contributed by atoms with Crippen molar-refractivity contribution in [1.82, 2.24) is 0 Å². The Morgan fingerprint density at radius 2 is 1.08 bits per heavy atom. The van der Waals surface area contributed by atoms with Crippen molar-refractivity contribution in [2.75, 3.05) is 11.9 Å². The Labute approximate surface area is 166 Å². The molecular weight excluding hydrogens is 484 g/mol. The predicted molar refractivity (Wildman–Crippen MR) is 99.6 cm³/mol. The molecule has 144 valence electrons. The fraction of sp³-hybridized carbons (Fsp3) is 0.333. The fourth-order valence-electron chi connectivity index (χ4n) is 2.22. The molecule has 26 heavy (non-hydrogen) atoms. The summed E-state index contributed by atoms with van der Waals surface area (Å²) in [7, 11) is 0. The van der Waals surface area contributed by atoms with E-state index in [1.165, 1.54) is 12.1 Å². The third-order valence-electron chi connectivity index (χ3n) is 3.54. The lowest BCUT2D eigenvalue weighted by atomic mass is 10.1. The molecule has 0 radical (unpaired) electrons. The Balaban J connectivity index is 0.000000260. The Kier molecular flexibility index (Phi) is 10.4. The number of alkyl halides is 2. The van der Waals surface area contributed by atoms with Gasteiger partial charge in [0.15, 0.2) is 23.3 Å². The molecule has 0 spiro atoms. The van der Waals surface area contributed by atoms with Crippen LogP contribution in [0.25, 0.3) is 0 Å². The molecule has 2 nitrogen and oxygen atoms in total. The highest BCUT2D eigenvalue weighted by atomic mass is 79.9. The lowest BCUT2D eigenvalue weighted by Crippen LogP contribution is -2.00. The number of aliphatic hydroxyl groups is 2. The van der Waals surface area contributed by atoms with Gasteiger partial charge in [-0.3, -0.25) is 0 Å². The summed E-state index contributed by atoms with van der Waals surface area (Å²) in [5, 5.41) is 18.7. The summed E-state index contributed by atoms with van der Waals surface area (Å²) in [6.45, 7) is -0.509. The summed E-state index contributed by atoms with van der Waals surface area (Å²) in [6, 6.07) is 4.44. The third-order valence-corrected chi connectivity index (χ3v) is 4.54. The molecule has 0 fully saturated rings. The summed E-state index contributed by atoms with van der Waals surface area (Å²) in [5.41, 5.74) is 2.39. The number of rotatable bonds is 6. The maximum Gasteiger partial charge on any atom is 0.159 e. The number of halogens is 6. The number of aliphatic hydroxyl groups excluding tert-OH is 2. The first-order valence-electron chi connectivity index (χ1n) is 7.65. The third kappa shape index (κ3) is 6.64. The zero-order valence-corrected chi connectivity index (χ0v) is 16.9. The van der Waals surface area contributed by atoms with E-state index in [9.17, 15) is 17.6 Å². The second-order valence-corrected chi connectivity index (χ2v) is 6.63. The van der Waals surface area contributed by atoms with Gasteiger partial charge in [0.05, 0.1) is 6.61 Å². The molecule has 0 bridgehead atoms. The number of aryl methyl sites for hydroxylation is 1.